The first-order valence-electron chi connectivity index (χ1n) is 6.72. The quantitative estimate of drug-likeness (QED) is 0.801. The maximum atomic E-state index is 12.5. The number of hydrogen-bond acceptors (Lipinski definition) is 4. The van der Waals surface area contributed by atoms with Gasteiger partial charge in [-0.1, -0.05) is 0 Å². The van der Waals surface area contributed by atoms with Gasteiger partial charge in [0.2, 0.25) is 0 Å². The topological polar surface area (TPSA) is 78.3 Å². The lowest BCUT2D eigenvalue weighted by atomic mass is 10.1. The number of hydrogen-bond donors (Lipinski definition) is 2. The number of rotatable bonds is 1. The van der Waals surface area contributed by atoms with Gasteiger partial charge in [-0.25, -0.2) is 4.79 Å². The molecule has 1 aromatic heterocycles. The van der Waals surface area contributed by atoms with Gasteiger partial charge in [0.15, 0.2) is 0 Å². The zero-order valence-electron chi connectivity index (χ0n) is 11.3. The van der Waals surface area contributed by atoms with E-state index >= 15 is 0 Å². The van der Waals surface area contributed by atoms with Gasteiger partial charge in [-0.05, 0) is 51.2 Å². The molecule has 20 heavy (non-hydrogen) atoms. The van der Waals surface area contributed by atoms with Gasteiger partial charge in [-0.15, -0.1) is 0 Å². The third-order valence-electron chi connectivity index (χ3n) is 3.97. The summed E-state index contributed by atoms with van der Waals surface area (Å²) in [6, 6.07) is 4.33. The summed E-state index contributed by atoms with van der Waals surface area (Å²) in [5.74, 6) is 0.0246. The molecule has 0 radical (unpaired) electrons. The van der Waals surface area contributed by atoms with Crippen molar-refractivity contribution in [3.8, 4) is 5.75 Å². The summed E-state index contributed by atoms with van der Waals surface area (Å²) in [4.78, 5) is 29.6. The average Bonchev–Trinajstić information content (AvgIpc) is 2.42. The van der Waals surface area contributed by atoms with Gasteiger partial charge in [-0.2, -0.15) is 0 Å². The number of aromatic amines is 1. The highest BCUT2D eigenvalue weighted by molar-refractivity contribution is 5.78. The second-order valence-electron chi connectivity index (χ2n) is 5.37. The standard InChI is InChI=1S/C14H17N3O3/c1-16-6-4-9(5-7-16)17-13(19)11-8-10(18)2-3-12(11)15-14(17)20/h2-3,8-9,18H,4-7H2,1H3,(H,15,20). The second-order valence-corrected chi connectivity index (χ2v) is 5.37. The van der Waals surface area contributed by atoms with E-state index in [-0.39, 0.29) is 23.0 Å². The Morgan fingerprint density at radius 3 is 2.65 bits per heavy atom. The van der Waals surface area contributed by atoms with Crippen LogP contribution in [0.3, 0.4) is 0 Å². The smallest absolute Gasteiger partial charge is 0.329 e. The lowest BCUT2D eigenvalue weighted by Gasteiger charge is -2.29. The first-order chi connectivity index (χ1) is 9.56. The largest absolute Gasteiger partial charge is 0.508 e. The normalized spacial score (nSPS) is 17.6. The van der Waals surface area contributed by atoms with Crippen molar-refractivity contribution in [2.75, 3.05) is 20.1 Å². The van der Waals surface area contributed by atoms with Crippen molar-refractivity contribution in [2.45, 2.75) is 18.9 Å². The first kappa shape index (κ1) is 12.9. The van der Waals surface area contributed by atoms with Crippen LogP contribution in [0.5, 0.6) is 5.75 Å². The Kier molecular flexibility index (Phi) is 3.10. The first-order valence-corrected chi connectivity index (χ1v) is 6.72. The van der Waals surface area contributed by atoms with Crippen LogP contribution in [0, 0.1) is 0 Å². The lowest BCUT2D eigenvalue weighted by Crippen LogP contribution is -2.42. The maximum Gasteiger partial charge on any atom is 0.329 e. The predicted octanol–water partition coefficient (Wildman–Crippen LogP) is 0.662. The molecule has 106 valence electrons. The number of nitrogens with zero attached hydrogens (tertiary/aromatic N) is 2. The van der Waals surface area contributed by atoms with E-state index in [1.807, 2.05) is 7.05 Å². The highest BCUT2D eigenvalue weighted by Gasteiger charge is 2.22. The predicted molar refractivity (Wildman–Crippen MR) is 76.3 cm³/mol. The maximum absolute atomic E-state index is 12.5. The molecule has 1 fully saturated rings. The van der Waals surface area contributed by atoms with Gasteiger partial charge in [-0.3, -0.25) is 9.36 Å². The fourth-order valence-corrected chi connectivity index (χ4v) is 2.80. The molecular formula is C14H17N3O3. The van der Waals surface area contributed by atoms with Crippen molar-refractivity contribution in [3.05, 3.63) is 39.0 Å². The zero-order chi connectivity index (χ0) is 14.3. The summed E-state index contributed by atoms with van der Waals surface area (Å²) < 4.78 is 1.30. The van der Waals surface area contributed by atoms with E-state index in [0.29, 0.717) is 10.9 Å². The van der Waals surface area contributed by atoms with Gasteiger partial charge >= 0.3 is 5.69 Å². The Balaban J connectivity index is 2.16. The molecule has 0 spiro atoms. The SMILES string of the molecule is CN1CCC(n2c(=O)[nH]c3ccc(O)cc3c2=O)CC1. The molecule has 2 N–H and O–H groups in total. The number of nitrogens with one attached hydrogen (secondary N) is 1. The minimum absolute atomic E-state index is 0.0246. The lowest BCUT2D eigenvalue weighted by molar-refractivity contribution is 0.216. The fraction of sp³-hybridized carbons (Fsp3) is 0.429. The molecule has 0 atom stereocenters. The fourth-order valence-electron chi connectivity index (χ4n) is 2.80. The molecule has 0 amide bonds. The van der Waals surface area contributed by atoms with Crippen LogP contribution in [0.1, 0.15) is 18.9 Å². The zero-order valence-corrected chi connectivity index (χ0v) is 11.3. The molecule has 1 aliphatic rings. The van der Waals surface area contributed by atoms with Crippen molar-refractivity contribution < 1.29 is 5.11 Å². The Labute approximate surface area is 115 Å². The number of H-pyrrole nitrogens is 1. The molecule has 0 bridgehead atoms. The molecule has 0 aliphatic carbocycles. The van der Waals surface area contributed by atoms with Gasteiger partial charge in [0.1, 0.15) is 5.75 Å². The molecule has 0 saturated carbocycles. The van der Waals surface area contributed by atoms with Crippen LogP contribution < -0.4 is 11.2 Å². The molecule has 6 heteroatoms. The molecule has 1 aliphatic heterocycles. The van der Waals surface area contributed by atoms with Gasteiger partial charge in [0, 0.05) is 6.04 Å². The van der Waals surface area contributed by atoms with Gasteiger partial charge < -0.3 is 15.0 Å². The minimum atomic E-state index is -0.372. The number of phenols is 1. The van der Waals surface area contributed by atoms with Crippen LogP contribution in [0.2, 0.25) is 0 Å². The molecule has 3 rings (SSSR count). The molecule has 2 heterocycles. The third kappa shape index (κ3) is 2.12. The summed E-state index contributed by atoms with van der Waals surface area (Å²) >= 11 is 0. The number of piperidine rings is 1. The average molecular weight is 275 g/mol. The van der Waals surface area contributed by atoms with Crippen molar-refractivity contribution in [1.29, 1.82) is 0 Å². The molecule has 1 saturated heterocycles. The molecule has 0 unspecified atom stereocenters. The van der Waals surface area contributed by atoms with Crippen molar-refractivity contribution in [3.63, 3.8) is 0 Å². The summed E-state index contributed by atoms with van der Waals surface area (Å²) in [5, 5.41) is 9.86. The monoisotopic (exact) mass is 275 g/mol. The summed E-state index contributed by atoms with van der Waals surface area (Å²) in [6.45, 7) is 1.74. The van der Waals surface area contributed by atoms with E-state index in [4.69, 9.17) is 0 Å². The molecule has 6 nitrogen and oxygen atoms in total. The van der Waals surface area contributed by atoms with Crippen LogP contribution in [-0.2, 0) is 0 Å². The Morgan fingerprint density at radius 2 is 1.95 bits per heavy atom. The van der Waals surface area contributed by atoms with Crippen LogP contribution in [0.4, 0.5) is 0 Å². The van der Waals surface area contributed by atoms with E-state index in [9.17, 15) is 14.7 Å². The number of benzene rings is 1. The van der Waals surface area contributed by atoms with E-state index in [2.05, 4.69) is 9.88 Å². The summed E-state index contributed by atoms with van der Waals surface area (Å²) in [5.41, 5.74) is -0.237. The molecule has 2 aromatic rings. The van der Waals surface area contributed by atoms with Crippen LogP contribution in [0.25, 0.3) is 10.9 Å². The van der Waals surface area contributed by atoms with E-state index in [0.717, 1.165) is 25.9 Å². The highest BCUT2D eigenvalue weighted by atomic mass is 16.3. The number of aromatic hydroxyl groups is 1. The van der Waals surface area contributed by atoms with Crippen molar-refractivity contribution >= 4 is 10.9 Å². The Hall–Kier alpha value is -2.08. The van der Waals surface area contributed by atoms with Gasteiger partial charge in [0.25, 0.3) is 5.56 Å². The Morgan fingerprint density at radius 1 is 1.25 bits per heavy atom. The van der Waals surface area contributed by atoms with Crippen molar-refractivity contribution in [1.82, 2.24) is 14.5 Å². The second kappa shape index (κ2) is 4.79. The van der Waals surface area contributed by atoms with Gasteiger partial charge in [0.05, 0.1) is 10.9 Å². The minimum Gasteiger partial charge on any atom is -0.508 e. The number of likely N-dealkylation sites (tertiary alicyclic amines) is 1. The van der Waals surface area contributed by atoms with Crippen LogP contribution in [0.15, 0.2) is 27.8 Å². The van der Waals surface area contributed by atoms with Crippen molar-refractivity contribution in [2.24, 2.45) is 0 Å². The van der Waals surface area contributed by atoms with E-state index in [1.165, 1.54) is 16.7 Å². The third-order valence-corrected chi connectivity index (χ3v) is 3.97. The van der Waals surface area contributed by atoms with E-state index in [1.54, 1.807) is 6.07 Å². The highest BCUT2D eigenvalue weighted by Crippen LogP contribution is 2.20. The Bertz CT molecular complexity index is 754. The number of aromatic nitrogens is 2. The van der Waals surface area contributed by atoms with E-state index < -0.39 is 0 Å². The number of fused-ring (bicyclic) bond motifs is 1. The summed E-state index contributed by atoms with van der Waals surface area (Å²) in [7, 11) is 2.03. The molecule has 1 aromatic carbocycles. The molecular weight excluding hydrogens is 258 g/mol. The summed E-state index contributed by atoms with van der Waals surface area (Å²) in [6.07, 6.45) is 1.56. The van der Waals surface area contributed by atoms with Crippen LogP contribution in [-0.4, -0.2) is 39.7 Å². The van der Waals surface area contributed by atoms with Crippen LogP contribution >= 0.6 is 0 Å². The number of phenolic OH excluding ortho intramolecular Hbond substituents is 1.